The number of anilines is 1. The molecule has 8 heteroatoms. The fourth-order valence-electron chi connectivity index (χ4n) is 6.46. The van der Waals surface area contributed by atoms with E-state index >= 15 is 0 Å². The highest BCUT2D eigenvalue weighted by Gasteiger charge is 2.39. The molecule has 41 heavy (non-hydrogen) atoms. The van der Waals surface area contributed by atoms with Crippen LogP contribution >= 0.6 is 11.6 Å². The summed E-state index contributed by atoms with van der Waals surface area (Å²) in [6.45, 7) is 8.58. The van der Waals surface area contributed by atoms with Crippen molar-refractivity contribution in [2.45, 2.75) is 58.5 Å². The van der Waals surface area contributed by atoms with E-state index in [1.165, 1.54) is 11.1 Å². The topological polar surface area (TPSA) is 67.9 Å². The summed E-state index contributed by atoms with van der Waals surface area (Å²) in [4.78, 5) is 15.6. The first-order valence-corrected chi connectivity index (χ1v) is 16.7. The molecule has 1 N–H and O–H groups in total. The van der Waals surface area contributed by atoms with Gasteiger partial charge in [0.1, 0.15) is 16.7 Å². The van der Waals surface area contributed by atoms with E-state index in [2.05, 4.69) is 54.7 Å². The molecule has 1 amide bonds. The van der Waals surface area contributed by atoms with Gasteiger partial charge in [-0.3, -0.25) is 9.52 Å². The van der Waals surface area contributed by atoms with Gasteiger partial charge in [-0.2, -0.15) is 0 Å². The summed E-state index contributed by atoms with van der Waals surface area (Å²) in [5, 5.41) is 0.757. The van der Waals surface area contributed by atoms with E-state index in [9.17, 15) is 9.00 Å². The lowest BCUT2D eigenvalue weighted by atomic mass is 9.70. The summed E-state index contributed by atoms with van der Waals surface area (Å²) >= 11 is 6.40. The number of carbonyl (C=O) groups excluding carboxylic acids is 1. The van der Waals surface area contributed by atoms with Crippen molar-refractivity contribution in [2.75, 3.05) is 37.5 Å². The highest BCUT2D eigenvalue weighted by molar-refractivity contribution is 7.83. The van der Waals surface area contributed by atoms with Crippen LogP contribution in [0.2, 0.25) is 5.02 Å². The van der Waals surface area contributed by atoms with Crippen molar-refractivity contribution in [3.8, 4) is 5.75 Å². The number of aryl methyl sites for hydroxylation is 1. The third-order valence-electron chi connectivity index (χ3n) is 9.25. The summed E-state index contributed by atoms with van der Waals surface area (Å²) in [6.07, 6.45) is 8.72. The van der Waals surface area contributed by atoms with E-state index in [0.717, 1.165) is 55.2 Å². The number of hydrogen-bond donors (Lipinski definition) is 1. The molecule has 0 saturated heterocycles. The van der Waals surface area contributed by atoms with Crippen molar-refractivity contribution in [2.24, 2.45) is 23.7 Å². The maximum atomic E-state index is 13.2. The van der Waals surface area contributed by atoms with Gasteiger partial charge in [0, 0.05) is 42.5 Å². The maximum absolute atomic E-state index is 13.2. The van der Waals surface area contributed by atoms with Crippen LogP contribution in [0.4, 0.5) is 5.69 Å². The van der Waals surface area contributed by atoms with Gasteiger partial charge in [0.25, 0.3) is 5.91 Å². The Morgan fingerprint density at radius 3 is 2.68 bits per heavy atom. The largest absolute Gasteiger partial charge is 0.491 e. The monoisotopic (exact) mass is 598 g/mol. The van der Waals surface area contributed by atoms with E-state index in [1.807, 2.05) is 18.2 Å². The van der Waals surface area contributed by atoms with Gasteiger partial charge in [-0.25, -0.2) is 4.21 Å². The average Bonchev–Trinajstić information content (AvgIpc) is 3.11. The van der Waals surface area contributed by atoms with E-state index in [0.29, 0.717) is 29.8 Å². The number of methoxy groups -OCH3 is 1. The molecule has 222 valence electrons. The number of amides is 1. The molecule has 0 spiro atoms. The van der Waals surface area contributed by atoms with Crippen LogP contribution in [-0.4, -0.2) is 48.8 Å². The van der Waals surface area contributed by atoms with Crippen LogP contribution in [0.5, 0.6) is 5.75 Å². The number of carbonyl (C=O) groups is 1. The molecule has 2 bridgehead atoms. The number of allylic oxidation sites excluding steroid dienone is 1. The van der Waals surface area contributed by atoms with Crippen LogP contribution in [-0.2, 0) is 22.1 Å². The molecule has 2 aromatic rings. The first-order valence-electron chi connectivity index (χ1n) is 15.0. The third-order valence-corrected chi connectivity index (χ3v) is 10.7. The lowest BCUT2D eigenvalue weighted by Crippen LogP contribution is -2.44. The summed E-state index contributed by atoms with van der Waals surface area (Å²) in [7, 11) is 0.322. The Labute approximate surface area is 252 Å². The molecule has 1 saturated carbocycles. The fourth-order valence-corrected chi connectivity index (χ4v) is 7.84. The molecule has 1 aliphatic carbocycles. The Balaban J connectivity index is 1.53. The molecule has 6 nitrogen and oxygen atoms in total. The Morgan fingerprint density at radius 1 is 1.12 bits per heavy atom. The average molecular weight is 599 g/mol. The van der Waals surface area contributed by atoms with Gasteiger partial charge >= 0.3 is 0 Å². The Morgan fingerprint density at radius 2 is 1.95 bits per heavy atom. The van der Waals surface area contributed by atoms with Crippen LogP contribution in [0.15, 0.2) is 48.6 Å². The molecule has 0 aromatic heterocycles. The number of fused-ring (bicyclic) bond motifs is 2. The number of benzene rings is 2. The highest BCUT2D eigenvalue weighted by atomic mass is 35.5. The normalized spacial score (nSPS) is 31.2. The summed E-state index contributed by atoms with van der Waals surface area (Å²) < 4.78 is 28.1. The minimum atomic E-state index is -1.48. The zero-order valence-corrected chi connectivity index (χ0v) is 26.2. The first kappa shape index (κ1) is 30.1. The molecule has 5 rings (SSSR count). The molecular weight excluding hydrogens is 556 g/mol. The van der Waals surface area contributed by atoms with Gasteiger partial charge in [0.05, 0.1) is 18.4 Å². The van der Waals surface area contributed by atoms with Gasteiger partial charge in [-0.1, -0.05) is 57.0 Å². The molecular formula is C33H43ClN2O4S. The van der Waals surface area contributed by atoms with Crippen LogP contribution in [0.1, 0.15) is 67.4 Å². The zero-order chi connectivity index (χ0) is 29.1. The number of halogens is 1. The summed E-state index contributed by atoms with van der Waals surface area (Å²) in [6, 6.07) is 11.8. The van der Waals surface area contributed by atoms with E-state index in [4.69, 9.17) is 21.1 Å². The molecule has 1 fully saturated rings. The van der Waals surface area contributed by atoms with E-state index in [-0.39, 0.29) is 29.8 Å². The van der Waals surface area contributed by atoms with Gasteiger partial charge in [0.2, 0.25) is 0 Å². The van der Waals surface area contributed by atoms with Gasteiger partial charge < -0.3 is 14.4 Å². The second-order valence-corrected chi connectivity index (χ2v) is 13.7. The third kappa shape index (κ3) is 6.84. The van der Waals surface area contributed by atoms with Crippen molar-refractivity contribution in [3.05, 3.63) is 70.3 Å². The lowest BCUT2D eigenvalue weighted by molar-refractivity contribution is 0.0133. The van der Waals surface area contributed by atoms with Crippen molar-refractivity contribution in [1.29, 1.82) is 0 Å². The second-order valence-electron chi connectivity index (χ2n) is 12.1. The second kappa shape index (κ2) is 13.3. The van der Waals surface area contributed by atoms with Gasteiger partial charge in [0.15, 0.2) is 0 Å². The Kier molecular flexibility index (Phi) is 9.77. The number of nitrogens with zero attached hydrogens (tertiary/aromatic N) is 1. The molecule has 6 unspecified atom stereocenters. The molecule has 2 aromatic carbocycles. The van der Waals surface area contributed by atoms with Crippen molar-refractivity contribution in [1.82, 2.24) is 4.72 Å². The Hall–Kier alpha value is -2.35. The predicted molar refractivity (Wildman–Crippen MR) is 167 cm³/mol. The minimum Gasteiger partial charge on any atom is -0.491 e. The molecule has 7 atom stereocenters. The van der Waals surface area contributed by atoms with Crippen molar-refractivity contribution < 1.29 is 18.5 Å². The summed E-state index contributed by atoms with van der Waals surface area (Å²) in [5.74, 6) is 2.24. The van der Waals surface area contributed by atoms with E-state index < -0.39 is 11.0 Å². The van der Waals surface area contributed by atoms with Crippen LogP contribution in [0.3, 0.4) is 0 Å². The van der Waals surface area contributed by atoms with Crippen LogP contribution < -0.4 is 14.4 Å². The standard InChI is InChI=1S/C33H43ClN2O4S/c1-5-6-23-15-27(34)10-12-28(23)26-18-36-17-25-8-11-29(25)31(39-4)13-7-21(2)22(3)20-41(38)35-33(37)24-9-14-32(40-19-26)30(36)16-24/h7,9-10,12-16,21-22,25-26,29,31H,5-6,8,11,17-20H2,1-4H3,(H,35,37)/b13-7+/t21-,22?,25?,26?,29?,31?,41?/m0/s1. The molecule has 2 heterocycles. The zero-order valence-electron chi connectivity index (χ0n) is 24.6. The number of rotatable bonds is 4. The molecule has 2 aliphatic heterocycles. The SMILES string of the molecule is CCCc1cc(Cl)ccc1C1COc2ccc3cc2N(C1)CC1CCC1C(OC)/C=C/[C@H](C)C(C)CS(=O)NC3=O. The quantitative estimate of drug-likeness (QED) is 0.404. The first-order chi connectivity index (χ1) is 19.8. The van der Waals surface area contributed by atoms with Crippen molar-refractivity contribution >= 4 is 34.2 Å². The number of hydrogen-bond acceptors (Lipinski definition) is 5. The minimum absolute atomic E-state index is 0.0405. The highest BCUT2D eigenvalue weighted by Crippen LogP contribution is 2.43. The number of nitrogens with one attached hydrogen (secondary N) is 1. The Bertz CT molecular complexity index is 1300. The maximum Gasteiger partial charge on any atom is 0.263 e. The van der Waals surface area contributed by atoms with Gasteiger partial charge in [-0.05, 0) is 84.4 Å². The number of ether oxygens (including phenoxy) is 2. The van der Waals surface area contributed by atoms with E-state index in [1.54, 1.807) is 13.2 Å². The van der Waals surface area contributed by atoms with Crippen molar-refractivity contribution in [3.63, 3.8) is 0 Å². The molecule has 0 radical (unpaired) electrons. The van der Waals surface area contributed by atoms with Gasteiger partial charge in [-0.15, -0.1) is 0 Å². The summed E-state index contributed by atoms with van der Waals surface area (Å²) in [5.41, 5.74) is 3.96. The fraction of sp³-hybridized carbons (Fsp3) is 0.545. The lowest BCUT2D eigenvalue weighted by Gasteiger charge is -2.43. The molecule has 3 aliphatic rings. The van der Waals surface area contributed by atoms with Crippen LogP contribution in [0.25, 0.3) is 0 Å². The predicted octanol–water partition coefficient (Wildman–Crippen LogP) is 6.55. The smallest absolute Gasteiger partial charge is 0.263 e. The van der Waals surface area contributed by atoms with Crippen LogP contribution in [0, 0.1) is 23.7 Å².